The maximum Gasteiger partial charge on any atom is 0.128 e. The molecule has 0 radical (unpaired) electrons. The fraction of sp³-hybridized carbons (Fsp3) is 0.545. The van der Waals surface area contributed by atoms with Crippen LogP contribution in [0.3, 0.4) is 0 Å². The molecule has 0 atom stereocenters. The van der Waals surface area contributed by atoms with Crippen LogP contribution in [0.15, 0.2) is 18.3 Å². The molecule has 0 spiro atoms. The number of anilines is 1. The molecule has 0 aliphatic carbocycles. The average Bonchev–Trinajstić information content (AvgIpc) is 2.26. The normalized spacial score (nSPS) is 10.7. The van der Waals surface area contributed by atoms with Crippen LogP contribution in [0, 0.1) is 0 Å². The van der Waals surface area contributed by atoms with Crippen LogP contribution in [0.25, 0.3) is 0 Å². The lowest BCUT2D eigenvalue weighted by molar-refractivity contribution is 0.416. The van der Waals surface area contributed by atoms with Crippen molar-refractivity contribution in [2.24, 2.45) is 0 Å². The Morgan fingerprint density at radius 3 is 2.40 bits per heavy atom. The van der Waals surface area contributed by atoms with Crippen molar-refractivity contribution in [3.63, 3.8) is 0 Å². The van der Waals surface area contributed by atoms with Crippen LogP contribution in [0.4, 0.5) is 5.82 Å². The lowest BCUT2D eigenvalue weighted by Gasteiger charge is -2.20. The van der Waals surface area contributed by atoms with Crippen molar-refractivity contribution < 1.29 is 0 Å². The van der Waals surface area contributed by atoms with E-state index in [0.29, 0.717) is 0 Å². The van der Waals surface area contributed by atoms with Crippen LogP contribution in [-0.2, 0) is 5.33 Å². The highest BCUT2D eigenvalue weighted by molar-refractivity contribution is 9.08. The van der Waals surface area contributed by atoms with Gasteiger partial charge >= 0.3 is 0 Å². The van der Waals surface area contributed by atoms with Gasteiger partial charge in [0.2, 0.25) is 0 Å². The molecule has 1 heterocycles. The molecule has 0 saturated heterocycles. The Hall–Kier alpha value is -0.610. The summed E-state index contributed by atoms with van der Waals surface area (Å²) in [5.74, 6) is 1.03. The van der Waals surface area contributed by atoms with Gasteiger partial charge in [-0.3, -0.25) is 0 Å². The Kier molecular flexibility index (Phi) is 5.05. The molecular weight excluding hydrogens is 254 g/mol. The minimum Gasteiger partial charge on any atom is -0.358 e. The van der Waals surface area contributed by atoms with E-state index in [-0.39, 0.29) is 0 Å². The minimum atomic E-state index is 0.863. The van der Waals surface area contributed by atoms with Crippen LogP contribution in [0.5, 0.6) is 0 Å². The Morgan fingerprint density at radius 1 is 1.20 bits per heavy atom. The number of alkyl halides is 1. The van der Waals surface area contributed by atoms with Crippen LogP contribution in [-0.4, -0.2) is 44.1 Å². The molecule has 3 nitrogen and oxygen atoms in total. The molecule has 0 fully saturated rings. The smallest absolute Gasteiger partial charge is 0.128 e. The van der Waals surface area contributed by atoms with Gasteiger partial charge in [-0.15, -0.1) is 0 Å². The fourth-order valence-corrected chi connectivity index (χ4v) is 1.52. The molecule has 0 N–H and O–H groups in total. The van der Waals surface area contributed by atoms with Crippen molar-refractivity contribution in [1.82, 2.24) is 9.88 Å². The third-order valence-corrected chi connectivity index (χ3v) is 2.88. The molecule has 0 saturated carbocycles. The molecule has 0 aliphatic heterocycles. The molecule has 4 heteroatoms. The van der Waals surface area contributed by atoms with E-state index in [1.165, 1.54) is 5.56 Å². The van der Waals surface area contributed by atoms with Gasteiger partial charge in [0.25, 0.3) is 0 Å². The van der Waals surface area contributed by atoms with Crippen LogP contribution in [0.2, 0.25) is 0 Å². The van der Waals surface area contributed by atoms with E-state index in [1.54, 1.807) is 0 Å². The van der Waals surface area contributed by atoms with Gasteiger partial charge in [-0.05, 0) is 25.7 Å². The number of likely N-dealkylation sites (N-methyl/N-ethyl adjacent to an activating group) is 2. The van der Waals surface area contributed by atoms with Gasteiger partial charge < -0.3 is 9.80 Å². The SMILES string of the molecule is CN(C)CCN(C)c1ccc(CBr)cn1. The third-order valence-electron chi connectivity index (χ3n) is 2.24. The third kappa shape index (κ3) is 4.18. The summed E-state index contributed by atoms with van der Waals surface area (Å²) < 4.78 is 0. The maximum atomic E-state index is 4.40. The zero-order valence-electron chi connectivity index (χ0n) is 9.57. The van der Waals surface area contributed by atoms with Gasteiger partial charge in [0, 0.05) is 31.7 Å². The van der Waals surface area contributed by atoms with E-state index in [1.807, 2.05) is 6.20 Å². The second kappa shape index (κ2) is 6.08. The maximum absolute atomic E-state index is 4.40. The lowest BCUT2D eigenvalue weighted by atomic mass is 10.3. The molecule has 0 amide bonds. The van der Waals surface area contributed by atoms with Crippen LogP contribution < -0.4 is 4.90 Å². The molecule has 0 unspecified atom stereocenters. The van der Waals surface area contributed by atoms with Crippen molar-refractivity contribution >= 4 is 21.7 Å². The van der Waals surface area contributed by atoms with E-state index < -0.39 is 0 Å². The number of pyridine rings is 1. The lowest BCUT2D eigenvalue weighted by Crippen LogP contribution is -2.28. The van der Waals surface area contributed by atoms with E-state index in [2.05, 4.69) is 64.0 Å². The Morgan fingerprint density at radius 2 is 1.93 bits per heavy atom. The summed E-state index contributed by atoms with van der Waals surface area (Å²) in [7, 11) is 6.23. The summed E-state index contributed by atoms with van der Waals surface area (Å²) in [5, 5.41) is 0.863. The highest BCUT2D eigenvalue weighted by Gasteiger charge is 2.02. The number of nitrogens with zero attached hydrogens (tertiary/aromatic N) is 3. The van der Waals surface area contributed by atoms with E-state index in [4.69, 9.17) is 0 Å². The molecule has 0 bridgehead atoms. The molecule has 1 aromatic rings. The highest BCUT2D eigenvalue weighted by atomic mass is 79.9. The predicted octanol–water partition coefficient (Wildman–Crippen LogP) is 1.97. The number of hydrogen-bond acceptors (Lipinski definition) is 3. The van der Waals surface area contributed by atoms with E-state index >= 15 is 0 Å². The zero-order valence-corrected chi connectivity index (χ0v) is 11.2. The standard InChI is InChI=1S/C11H18BrN3/c1-14(2)6-7-15(3)11-5-4-10(8-12)9-13-11/h4-5,9H,6-8H2,1-3H3. The van der Waals surface area contributed by atoms with Crippen molar-refractivity contribution in [1.29, 1.82) is 0 Å². The second-order valence-electron chi connectivity index (χ2n) is 3.88. The molecule has 84 valence electrons. The quantitative estimate of drug-likeness (QED) is 0.764. The summed E-state index contributed by atoms with van der Waals surface area (Å²) in [6.45, 7) is 2.03. The van der Waals surface area contributed by atoms with Crippen molar-refractivity contribution in [3.8, 4) is 0 Å². The Labute approximate surface area is 100 Å². The van der Waals surface area contributed by atoms with Gasteiger partial charge in [0.15, 0.2) is 0 Å². The Balaban J connectivity index is 2.54. The molecule has 1 rings (SSSR count). The molecule has 15 heavy (non-hydrogen) atoms. The van der Waals surface area contributed by atoms with Crippen LogP contribution in [0.1, 0.15) is 5.56 Å². The fourth-order valence-electron chi connectivity index (χ4n) is 1.19. The monoisotopic (exact) mass is 271 g/mol. The first-order chi connectivity index (χ1) is 7.13. The highest BCUT2D eigenvalue weighted by Crippen LogP contribution is 2.11. The molecule has 0 aliphatic rings. The van der Waals surface area contributed by atoms with Crippen molar-refractivity contribution in [3.05, 3.63) is 23.9 Å². The number of rotatable bonds is 5. The topological polar surface area (TPSA) is 19.4 Å². The van der Waals surface area contributed by atoms with Gasteiger partial charge in [-0.25, -0.2) is 4.98 Å². The van der Waals surface area contributed by atoms with Gasteiger partial charge in [0.05, 0.1) is 0 Å². The number of hydrogen-bond donors (Lipinski definition) is 0. The average molecular weight is 272 g/mol. The molecule has 0 aromatic carbocycles. The van der Waals surface area contributed by atoms with Crippen molar-refractivity contribution in [2.75, 3.05) is 39.1 Å². The zero-order chi connectivity index (χ0) is 11.3. The first-order valence-electron chi connectivity index (χ1n) is 5.00. The number of halogens is 1. The summed E-state index contributed by atoms with van der Waals surface area (Å²) >= 11 is 3.41. The second-order valence-corrected chi connectivity index (χ2v) is 4.44. The largest absolute Gasteiger partial charge is 0.358 e. The summed E-state index contributed by atoms with van der Waals surface area (Å²) in [5.41, 5.74) is 1.21. The Bertz CT molecular complexity index is 284. The molecule has 1 aromatic heterocycles. The first-order valence-corrected chi connectivity index (χ1v) is 6.12. The summed E-state index contributed by atoms with van der Waals surface area (Å²) in [6.07, 6.45) is 1.91. The predicted molar refractivity (Wildman–Crippen MR) is 68.7 cm³/mol. The molecular formula is C11H18BrN3. The van der Waals surface area contributed by atoms with Crippen molar-refractivity contribution in [2.45, 2.75) is 5.33 Å². The van der Waals surface area contributed by atoms with E-state index in [9.17, 15) is 0 Å². The van der Waals surface area contributed by atoms with Gasteiger partial charge in [-0.2, -0.15) is 0 Å². The minimum absolute atomic E-state index is 0.863. The van der Waals surface area contributed by atoms with E-state index in [0.717, 1.165) is 24.2 Å². The van der Waals surface area contributed by atoms with Gasteiger partial charge in [-0.1, -0.05) is 22.0 Å². The number of aromatic nitrogens is 1. The summed E-state index contributed by atoms with van der Waals surface area (Å²) in [6, 6.07) is 4.16. The van der Waals surface area contributed by atoms with Gasteiger partial charge in [0.1, 0.15) is 5.82 Å². The first kappa shape index (κ1) is 12.5. The summed E-state index contributed by atoms with van der Waals surface area (Å²) in [4.78, 5) is 8.74. The van der Waals surface area contributed by atoms with Crippen LogP contribution >= 0.6 is 15.9 Å².